The second-order valence-electron chi connectivity index (χ2n) is 8.99. The standard InChI is InChI=1S/C31H22SSi/c1-21-16-17-24-26-18-19-27-25-14-8-9-15-29(25)33(22-10-4-2-5-11-22,23-12-6-3-7-13-23)31(27)30(26)32-28(24)20-21/h2-20H,1H3. The minimum Gasteiger partial charge on any atom is -0.135 e. The van der Waals surface area contributed by atoms with Gasteiger partial charge in [-0.1, -0.05) is 109 Å². The van der Waals surface area contributed by atoms with Gasteiger partial charge in [0, 0.05) is 20.2 Å². The Morgan fingerprint density at radius 3 is 1.94 bits per heavy atom. The molecule has 0 unspecified atom stereocenters. The fourth-order valence-electron chi connectivity index (χ4n) is 5.87. The highest BCUT2D eigenvalue weighted by Crippen LogP contribution is 2.39. The van der Waals surface area contributed by atoms with Crippen LogP contribution in [0.4, 0.5) is 0 Å². The lowest BCUT2D eigenvalue weighted by Crippen LogP contribution is -2.72. The summed E-state index contributed by atoms with van der Waals surface area (Å²) in [5.74, 6) is 0. The average Bonchev–Trinajstić information content (AvgIpc) is 3.38. The molecule has 0 spiro atoms. The van der Waals surface area contributed by atoms with Crippen molar-refractivity contribution in [2.24, 2.45) is 0 Å². The molecule has 0 saturated heterocycles. The second-order valence-corrected chi connectivity index (χ2v) is 13.7. The van der Waals surface area contributed by atoms with E-state index in [1.807, 2.05) is 11.3 Å². The van der Waals surface area contributed by atoms with Crippen molar-refractivity contribution in [3.8, 4) is 11.1 Å². The molecule has 0 radical (unpaired) electrons. The highest BCUT2D eigenvalue weighted by Gasteiger charge is 2.49. The largest absolute Gasteiger partial charge is 0.182 e. The van der Waals surface area contributed by atoms with Crippen molar-refractivity contribution in [1.82, 2.24) is 0 Å². The third-order valence-electron chi connectivity index (χ3n) is 7.21. The second kappa shape index (κ2) is 7.02. The molecule has 2 heterocycles. The highest BCUT2D eigenvalue weighted by atomic mass is 32.1. The van der Waals surface area contributed by atoms with Crippen LogP contribution in [0.1, 0.15) is 5.56 Å². The van der Waals surface area contributed by atoms with Gasteiger partial charge >= 0.3 is 0 Å². The molecule has 0 bridgehead atoms. The minimum absolute atomic E-state index is 1.32. The summed E-state index contributed by atoms with van der Waals surface area (Å²) in [4.78, 5) is 0. The number of benzene rings is 5. The number of hydrogen-bond acceptors (Lipinski definition) is 1. The van der Waals surface area contributed by atoms with E-state index >= 15 is 0 Å². The number of fused-ring (bicyclic) bond motifs is 7. The van der Waals surface area contributed by atoms with Crippen LogP contribution in [0.2, 0.25) is 0 Å². The van der Waals surface area contributed by atoms with E-state index in [-0.39, 0.29) is 0 Å². The summed E-state index contributed by atoms with van der Waals surface area (Å²) in [7, 11) is -2.46. The first kappa shape index (κ1) is 19.0. The van der Waals surface area contributed by atoms with Gasteiger partial charge in [-0.3, -0.25) is 0 Å². The minimum atomic E-state index is -2.46. The molecule has 1 aliphatic rings. The molecule has 1 aliphatic heterocycles. The van der Waals surface area contributed by atoms with Crippen LogP contribution in [0.15, 0.2) is 115 Å². The van der Waals surface area contributed by atoms with E-state index in [1.54, 1.807) is 5.19 Å². The van der Waals surface area contributed by atoms with Crippen molar-refractivity contribution in [2.45, 2.75) is 6.92 Å². The van der Waals surface area contributed by atoms with Gasteiger partial charge in [0.15, 0.2) is 8.07 Å². The Bertz CT molecular complexity index is 1620. The predicted molar refractivity (Wildman–Crippen MR) is 147 cm³/mol. The van der Waals surface area contributed by atoms with Gasteiger partial charge in [0.25, 0.3) is 0 Å². The summed E-state index contributed by atoms with van der Waals surface area (Å²) in [6, 6.07) is 43.4. The summed E-state index contributed by atoms with van der Waals surface area (Å²) in [5.41, 5.74) is 4.15. The van der Waals surface area contributed by atoms with E-state index in [0.29, 0.717) is 0 Å². The maximum atomic E-state index is 2.39. The third-order valence-corrected chi connectivity index (χ3v) is 13.5. The normalized spacial score (nSPS) is 13.8. The molecule has 0 saturated carbocycles. The van der Waals surface area contributed by atoms with E-state index in [2.05, 4.69) is 122 Å². The van der Waals surface area contributed by atoms with E-state index in [4.69, 9.17) is 0 Å². The number of thiophene rings is 1. The van der Waals surface area contributed by atoms with Crippen molar-refractivity contribution in [2.75, 3.05) is 0 Å². The molecule has 0 aliphatic carbocycles. The molecule has 5 aromatic carbocycles. The first-order chi connectivity index (χ1) is 16.3. The lowest BCUT2D eigenvalue weighted by atomic mass is 10.0. The molecule has 0 atom stereocenters. The summed E-state index contributed by atoms with van der Waals surface area (Å²) < 4.78 is 2.85. The molecule has 0 fully saturated rings. The highest BCUT2D eigenvalue weighted by molar-refractivity contribution is 7.31. The van der Waals surface area contributed by atoms with E-state index in [1.165, 1.54) is 52.4 Å². The Hall–Kier alpha value is -3.46. The fraction of sp³-hybridized carbons (Fsp3) is 0.0323. The zero-order chi connectivity index (χ0) is 22.0. The maximum Gasteiger partial charge on any atom is 0.182 e. The van der Waals surface area contributed by atoms with Gasteiger partial charge in [-0.15, -0.1) is 11.3 Å². The van der Waals surface area contributed by atoms with Crippen LogP contribution in [0.5, 0.6) is 0 Å². The van der Waals surface area contributed by atoms with Crippen molar-refractivity contribution in [1.29, 1.82) is 0 Å². The van der Waals surface area contributed by atoms with Gasteiger partial charge in [0.05, 0.1) is 0 Å². The van der Waals surface area contributed by atoms with Crippen LogP contribution < -0.4 is 20.7 Å². The molecule has 1 aromatic heterocycles. The van der Waals surface area contributed by atoms with Gasteiger partial charge in [-0.2, -0.15) is 0 Å². The molecule has 33 heavy (non-hydrogen) atoms. The van der Waals surface area contributed by atoms with Gasteiger partial charge < -0.3 is 0 Å². The number of rotatable bonds is 2. The molecular weight excluding hydrogens is 432 g/mol. The summed E-state index contributed by atoms with van der Waals surface area (Å²) >= 11 is 1.98. The lowest BCUT2D eigenvalue weighted by molar-refractivity contribution is 1.52. The van der Waals surface area contributed by atoms with Gasteiger partial charge in [-0.25, -0.2) is 0 Å². The Labute approximate surface area is 198 Å². The van der Waals surface area contributed by atoms with Gasteiger partial charge in [-0.05, 0) is 50.4 Å². The molecule has 6 aromatic rings. The maximum absolute atomic E-state index is 2.46. The summed E-state index contributed by atoms with van der Waals surface area (Å²) in [6.45, 7) is 2.19. The van der Waals surface area contributed by atoms with Crippen LogP contribution >= 0.6 is 11.3 Å². The van der Waals surface area contributed by atoms with Crippen LogP contribution in [-0.4, -0.2) is 8.07 Å². The van der Waals surface area contributed by atoms with E-state index < -0.39 is 8.07 Å². The zero-order valence-electron chi connectivity index (χ0n) is 18.4. The molecule has 0 N–H and O–H groups in total. The molecule has 2 heteroatoms. The van der Waals surface area contributed by atoms with E-state index in [9.17, 15) is 0 Å². The van der Waals surface area contributed by atoms with Crippen LogP contribution in [0.25, 0.3) is 31.3 Å². The Morgan fingerprint density at radius 1 is 0.576 bits per heavy atom. The monoisotopic (exact) mass is 454 g/mol. The van der Waals surface area contributed by atoms with Crippen LogP contribution in [0.3, 0.4) is 0 Å². The number of aryl methyl sites for hydroxylation is 1. The predicted octanol–water partition coefficient (Wildman–Crippen LogP) is 5.72. The Morgan fingerprint density at radius 2 is 1.21 bits per heavy atom. The van der Waals surface area contributed by atoms with Crippen molar-refractivity contribution in [3.05, 3.63) is 121 Å². The lowest BCUT2D eigenvalue weighted by Gasteiger charge is -2.31. The molecule has 7 rings (SSSR count). The first-order valence-electron chi connectivity index (χ1n) is 11.5. The molecule has 0 amide bonds. The topological polar surface area (TPSA) is 0 Å². The number of hydrogen-bond donors (Lipinski definition) is 0. The quantitative estimate of drug-likeness (QED) is 0.293. The first-order valence-corrected chi connectivity index (χ1v) is 14.3. The van der Waals surface area contributed by atoms with Gasteiger partial charge in [0.1, 0.15) is 0 Å². The summed E-state index contributed by atoms with van der Waals surface area (Å²) in [6.07, 6.45) is 0. The zero-order valence-corrected chi connectivity index (χ0v) is 20.2. The van der Waals surface area contributed by atoms with Crippen LogP contribution in [-0.2, 0) is 0 Å². The molecule has 0 nitrogen and oxygen atoms in total. The fourth-order valence-corrected chi connectivity index (χ4v) is 13.0. The van der Waals surface area contributed by atoms with Gasteiger partial charge in [0.2, 0.25) is 0 Å². The van der Waals surface area contributed by atoms with Crippen LogP contribution in [0, 0.1) is 6.92 Å². The SMILES string of the molecule is Cc1ccc2c(c1)sc1c3c(ccc12)-c1ccccc1[Si]3(c1ccccc1)c1ccccc1. The third kappa shape index (κ3) is 2.51. The smallest absolute Gasteiger partial charge is 0.135 e. The summed E-state index contributed by atoms with van der Waals surface area (Å²) in [5, 5.41) is 8.77. The van der Waals surface area contributed by atoms with Crippen molar-refractivity contribution < 1.29 is 0 Å². The molecule has 156 valence electrons. The van der Waals surface area contributed by atoms with Crippen molar-refractivity contribution in [3.63, 3.8) is 0 Å². The molecular formula is C31H22SSi. The average molecular weight is 455 g/mol. The Kier molecular flexibility index (Phi) is 4.05. The Balaban J connectivity index is 1.73. The van der Waals surface area contributed by atoms with Crippen molar-refractivity contribution >= 4 is 60.3 Å². The van der Waals surface area contributed by atoms with E-state index in [0.717, 1.165) is 0 Å².